The molecule has 1 unspecified atom stereocenters. The second-order valence-electron chi connectivity index (χ2n) is 6.20. The van der Waals surface area contributed by atoms with E-state index >= 15 is 0 Å². The summed E-state index contributed by atoms with van der Waals surface area (Å²) in [6.07, 6.45) is 2.57. The highest BCUT2D eigenvalue weighted by atomic mass is 16.5. The lowest BCUT2D eigenvalue weighted by atomic mass is 10.1. The fourth-order valence-electron chi connectivity index (χ4n) is 3.38. The fraction of sp³-hybridized carbons (Fsp3) is 0.294. The third-order valence-corrected chi connectivity index (χ3v) is 4.71. The number of fused-ring (bicyclic) bond motifs is 3. The summed E-state index contributed by atoms with van der Waals surface area (Å²) in [6, 6.07) is 7.41. The van der Waals surface area contributed by atoms with Crippen LogP contribution >= 0.6 is 0 Å². The molecule has 1 saturated heterocycles. The number of benzene rings is 1. The van der Waals surface area contributed by atoms with Crippen LogP contribution in [0.25, 0.3) is 28.1 Å². The molecule has 1 fully saturated rings. The maximum absolute atomic E-state index is 12.6. The van der Waals surface area contributed by atoms with Crippen molar-refractivity contribution in [2.24, 2.45) is 0 Å². The molecule has 25 heavy (non-hydrogen) atoms. The minimum absolute atomic E-state index is 0.151. The van der Waals surface area contributed by atoms with Gasteiger partial charge in [0.2, 0.25) is 11.2 Å². The SMILES string of the molecule is Cc1c2c(-c3nc(C4CCOC4)no3)ncn2c2ccccc2[n+]1[O-]. The molecule has 0 spiro atoms. The molecule has 0 aliphatic carbocycles. The monoisotopic (exact) mass is 337 g/mol. The van der Waals surface area contributed by atoms with Crippen LogP contribution in [0.2, 0.25) is 0 Å². The molecule has 0 amide bonds. The van der Waals surface area contributed by atoms with E-state index in [0.717, 1.165) is 16.7 Å². The number of aryl methyl sites for hydroxylation is 1. The Hall–Kier alpha value is -3.00. The highest BCUT2D eigenvalue weighted by Crippen LogP contribution is 2.29. The Balaban J connectivity index is 1.72. The van der Waals surface area contributed by atoms with Gasteiger partial charge in [-0.2, -0.15) is 9.71 Å². The fourth-order valence-corrected chi connectivity index (χ4v) is 3.38. The van der Waals surface area contributed by atoms with E-state index in [0.29, 0.717) is 47.4 Å². The maximum atomic E-state index is 12.6. The van der Waals surface area contributed by atoms with Gasteiger partial charge in [-0.25, -0.2) is 4.98 Å². The van der Waals surface area contributed by atoms with E-state index in [1.165, 1.54) is 0 Å². The smallest absolute Gasteiger partial charge is 0.279 e. The van der Waals surface area contributed by atoms with Crippen LogP contribution in [-0.4, -0.2) is 32.7 Å². The van der Waals surface area contributed by atoms with Gasteiger partial charge in [-0.05, 0) is 12.5 Å². The van der Waals surface area contributed by atoms with Crippen LogP contribution in [0, 0.1) is 12.1 Å². The Morgan fingerprint density at radius 3 is 3.04 bits per heavy atom. The zero-order valence-corrected chi connectivity index (χ0v) is 13.5. The van der Waals surface area contributed by atoms with E-state index in [9.17, 15) is 5.21 Å². The van der Waals surface area contributed by atoms with E-state index in [-0.39, 0.29) is 5.92 Å². The van der Waals surface area contributed by atoms with Gasteiger partial charge in [-0.3, -0.25) is 4.40 Å². The van der Waals surface area contributed by atoms with Gasteiger partial charge in [0.05, 0.1) is 6.61 Å². The molecular weight excluding hydrogens is 322 g/mol. The van der Waals surface area contributed by atoms with Crippen molar-refractivity contribution in [3.8, 4) is 11.6 Å². The molecule has 8 nitrogen and oxygen atoms in total. The first-order chi connectivity index (χ1) is 12.2. The quantitative estimate of drug-likeness (QED) is 0.410. The second kappa shape index (κ2) is 5.25. The van der Waals surface area contributed by atoms with Crippen molar-refractivity contribution in [2.45, 2.75) is 19.3 Å². The molecule has 1 aliphatic rings. The van der Waals surface area contributed by atoms with Gasteiger partial charge in [-0.1, -0.05) is 17.3 Å². The third kappa shape index (κ3) is 2.04. The van der Waals surface area contributed by atoms with E-state index in [1.54, 1.807) is 19.3 Å². The third-order valence-electron chi connectivity index (χ3n) is 4.71. The number of rotatable bonds is 2. The normalized spacial score (nSPS) is 17.7. The van der Waals surface area contributed by atoms with Gasteiger partial charge in [0.25, 0.3) is 5.89 Å². The van der Waals surface area contributed by atoms with E-state index in [4.69, 9.17) is 9.26 Å². The summed E-state index contributed by atoms with van der Waals surface area (Å²) in [5.41, 5.74) is 3.10. The number of para-hydroxylation sites is 2. The molecule has 1 aromatic carbocycles. The summed E-state index contributed by atoms with van der Waals surface area (Å²) in [4.78, 5) is 8.93. The molecule has 0 bridgehead atoms. The van der Waals surface area contributed by atoms with Crippen LogP contribution in [0.15, 0.2) is 35.1 Å². The predicted molar refractivity (Wildman–Crippen MR) is 87.9 cm³/mol. The molecule has 1 atom stereocenters. The molecule has 0 N–H and O–H groups in total. The Morgan fingerprint density at radius 2 is 2.20 bits per heavy atom. The topological polar surface area (TPSA) is 92.4 Å². The minimum Gasteiger partial charge on any atom is -0.618 e. The first kappa shape index (κ1) is 14.4. The van der Waals surface area contributed by atoms with Crippen molar-refractivity contribution in [2.75, 3.05) is 13.2 Å². The average Bonchev–Trinajstić information content (AvgIpc) is 3.38. The molecule has 4 heterocycles. The lowest BCUT2D eigenvalue weighted by Gasteiger charge is -2.08. The summed E-state index contributed by atoms with van der Waals surface area (Å²) in [5, 5.41) is 16.7. The van der Waals surface area contributed by atoms with Crippen molar-refractivity contribution in [1.82, 2.24) is 19.5 Å². The van der Waals surface area contributed by atoms with Crippen LogP contribution in [0.4, 0.5) is 0 Å². The molecule has 1 aliphatic heterocycles. The zero-order chi connectivity index (χ0) is 17.0. The molecule has 0 radical (unpaired) electrons. The van der Waals surface area contributed by atoms with E-state index in [2.05, 4.69) is 15.1 Å². The largest absolute Gasteiger partial charge is 0.618 e. The molecule has 0 saturated carbocycles. The van der Waals surface area contributed by atoms with Crippen LogP contribution in [-0.2, 0) is 4.74 Å². The van der Waals surface area contributed by atoms with Gasteiger partial charge in [0.15, 0.2) is 11.5 Å². The Bertz CT molecular complexity index is 1090. The van der Waals surface area contributed by atoms with Gasteiger partial charge in [0, 0.05) is 25.5 Å². The van der Waals surface area contributed by atoms with Crippen molar-refractivity contribution < 1.29 is 14.0 Å². The van der Waals surface area contributed by atoms with Crippen LogP contribution in [0.1, 0.15) is 23.9 Å². The Morgan fingerprint density at radius 1 is 1.32 bits per heavy atom. The number of hydrogen-bond donors (Lipinski definition) is 0. The number of ether oxygens (including phenoxy) is 1. The van der Waals surface area contributed by atoms with Crippen LogP contribution < -0.4 is 4.73 Å². The average molecular weight is 337 g/mol. The number of imidazole rings is 1. The highest BCUT2D eigenvalue weighted by Gasteiger charge is 2.27. The van der Waals surface area contributed by atoms with Gasteiger partial charge < -0.3 is 14.5 Å². The number of nitrogens with zero attached hydrogens (tertiary/aromatic N) is 5. The van der Waals surface area contributed by atoms with Gasteiger partial charge in [0.1, 0.15) is 17.4 Å². The standard InChI is InChI=1S/C17H15N5O3/c1-10-15-14(17-19-16(20-25-17)11-6-7-24-8-11)18-9-21(15)12-4-2-3-5-13(12)22(10)23/h2-5,9,11H,6-8H2,1H3. The summed E-state index contributed by atoms with van der Waals surface area (Å²) in [5.74, 6) is 1.10. The summed E-state index contributed by atoms with van der Waals surface area (Å²) < 4.78 is 13.6. The molecule has 3 aromatic heterocycles. The lowest BCUT2D eigenvalue weighted by Crippen LogP contribution is -2.32. The Labute approximate surface area is 142 Å². The van der Waals surface area contributed by atoms with Crippen molar-refractivity contribution in [3.05, 3.63) is 47.3 Å². The van der Waals surface area contributed by atoms with Crippen LogP contribution in [0.3, 0.4) is 0 Å². The zero-order valence-electron chi connectivity index (χ0n) is 13.5. The van der Waals surface area contributed by atoms with Crippen molar-refractivity contribution >= 4 is 16.6 Å². The molecule has 5 rings (SSSR count). The van der Waals surface area contributed by atoms with Gasteiger partial charge >= 0.3 is 0 Å². The highest BCUT2D eigenvalue weighted by molar-refractivity contribution is 5.82. The van der Waals surface area contributed by atoms with E-state index in [1.807, 2.05) is 22.6 Å². The first-order valence-corrected chi connectivity index (χ1v) is 8.13. The first-order valence-electron chi connectivity index (χ1n) is 8.13. The lowest BCUT2D eigenvalue weighted by molar-refractivity contribution is -0.583. The molecule has 126 valence electrons. The van der Waals surface area contributed by atoms with Crippen molar-refractivity contribution in [3.63, 3.8) is 0 Å². The predicted octanol–water partition coefficient (Wildman–Crippen LogP) is 1.98. The van der Waals surface area contributed by atoms with Crippen molar-refractivity contribution in [1.29, 1.82) is 0 Å². The van der Waals surface area contributed by atoms with Crippen LogP contribution in [0.5, 0.6) is 0 Å². The maximum Gasteiger partial charge on any atom is 0.279 e. The second-order valence-corrected chi connectivity index (χ2v) is 6.20. The molecule has 4 aromatic rings. The molecule has 8 heteroatoms. The summed E-state index contributed by atoms with van der Waals surface area (Å²) in [6.45, 7) is 3.08. The minimum atomic E-state index is 0.151. The Kier molecular flexibility index (Phi) is 3.01. The number of aromatic nitrogens is 5. The molecular formula is C17H15N5O3. The number of hydrogen-bond acceptors (Lipinski definition) is 6. The van der Waals surface area contributed by atoms with E-state index < -0.39 is 0 Å². The summed E-state index contributed by atoms with van der Waals surface area (Å²) in [7, 11) is 0. The van der Waals surface area contributed by atoms with Gasteiger partial charge in [-0.15, -0.1) is 0 Å². The summed E-state index contributed by atoms with van der Waals surface area (Å²) >= 11 is 0.